The van der Waals surface area contributed by atoms with Gasteiger partial charge in [0.25, 0.3) is 0 Å². The minimum atomic E-state index is 0.198. The largest absolute Gasteiger partial charge is 0.496 e. The topological polar surface area (TPSA) is 35.2 Å². The second-order valence-corrected chi connectivity index (χ2v) is 6.07. The van der Waals surface area contributed by atoms with Crippen molar-refractivity contribution in [2.45, 2.75) is 58.3 Å². The molecule has 0 bridgehead atoms. The highest BCUT2D eigenvalue weighted by Gasteiger charge is 2.35. The van der Waals surface area contributed by atoms with Gasteiger partial charge in [-0.3, -0.25) is 0 Å². The molecular formula is C17H27NO. The van der Waals surface area contributed by atoms with Crippen LogP contribution >= 0.6 is 0 Å². The lowest BCUT2D eigenvalue weighted by Crippen LogP contribution is -2.38. The van der Waals surface area contributed by atoms with Crippen molar-refractivity contribution in [1.82, 2.24) is 0 Å². The fourth-order valence-corrected chi connectivity index (χ4v) is 3.86. The van der Waals surface area contributed by atoms with Crippen LogP contribution in [0.2, 0.25) is 0 Å². The molecule has 1 aliphatic rings. The molecule has 0 atom stereocenters. The van der Waals surface area contributed by atoms with Crippen LogP contribution in [0.5, 0.6) is 5.75 Å². The summed E-state index contributed by atoms with van der Waals surface area (Å²) in [6.07, 6.45) is 6.44. The number of benzene rings is 1. The molecule has 0 saturated heterocycles. The third-order valence-electron chi connectivity index (χ3n) is 5.00. The summed E-state index contributed by atoms with van der Waals surface area (Å²) < 4.78 is 5.48. The summed E-state index contributed by atoms with van der Waals surface area (Å²) in [5.41, 5.74) is 11.9. The average molecular weight is 261 g/mol. The Morgan fingerprint density at radius 1 is 1.11 bits per heavy atom. The van der Waals surface area contributed by atoms with Crippen LogP contribution in [-0.2, 0) is 5.41 Å². The molecule has 0 radical (unpaired) electrons. The summed E-state index contributed by atoms with van der Waals surface area (Å²) in [7, 11) is 1.75. The van der Waals surface area contributed by atoms with Gasteiger partial charge in [-0.15, -0.1) is 0 Å². The van der Waals surface area contributed by atoms with E-state index >= 15 is 0 Å². The Kier molecular flexibility index (Phi) is 4.19. The average Bonchev–Trinajstić information content (AvgIpc) is 2.44. The van der Waals surface area contributed by atoms with Crippen molar-refractivity contribution in [3.8, 4) is 5.75 Å². The van der Waals surface area contributed by atoms with Gasteiger partial charge in [-0.1, -0.05) is 19.3 Å². The molecular weight excluding hydrogens is 234 g/mol. The third kappa shape index (κ3) is 2.38. The molecule has 0 aromatic heterocycles. The fourth-order valence-electron chi connectivity index (χ4n) is 3.86. The van der Waals surface area contributed by atoms with Gasteiger partial charge >= 0.3 is 0 Å². The van der Waals surface area contributed by atoms with E-state index in [1.807, 2.05) is 0 Å². The van der Waals surface area contributed by atoms with E-state index in [0.29, 0.717) is 0 Å². The SMILES string of the molecule is COc1cc(C)c(C2(CN)CCCCC2)c(C)c1C. The normalized spacial score (nSPS) is 18.4. The van der Waals surface area contributed by atoms with Crippen molar-refractivity contribution in [2.75, 3.05) is 13.7 Å². The Morgan fingerprint density at radius 3 is 2.26 bits per heavy atom. The number of ether oxygens (including phenoxy) is 1. The maximum Gasteiger partial charge on any atom is 0.122 e. The van der Waals surface area contributed by atoms with Crippen LogP contribution in [-0.4, -0.2) is 13.7 Å². The van der Waals surface area contributed by atoms with E-state index in [-0.39, 0.29) is 5.41 Å². The van der Waals surface area contributed by atoms with Crippen molar-refractivity contribution < 1.29 is 4.74 Å². The Bertz CT molecular complexity index is 459. The van der Waals surface area contributed by atoms with Gasteiger partial charge in [-0.2, -0.15) is 0 Å². The van der Waals surface area contributed by atoms with Gasteiger partial charge in [0, 0.05) is 12.0 Å². The zero-order valence-corrected chi connectivity index (χ0v) is 12.8. The molecule has 2 rings (SSSR count). The van der Waals surface area contributed by atoms with E-state index in [2.05, 4.69) is 26.8 Å². The standard InChI is InChI=1S/C17H27NO/c1-12-10-15(19-4)13(2)14(3)16(12)17(11-18)8-6-5-7-9-17/h10H,5-9,11,18H2,1-4H3. The van der Waals surface area contributed by atoms with E-state index in [1.165, 1.54) is 54.4 Å². The van der Waals surface area contributed by atoms with E-state index in [4.69, 9.17) is 10.5 Å². The van der Waals surface area contributed by atoms with Crippen LogP contribution < -0.4 is 10.5 Å². The molecule has 106 valence electrons. The molecule has 2 nitrogen and oxygen atoms in total. The number of hydrogen-bond donors (Lipinski definition) is 1. The van der Waals surface area contributed by atoms with Gasteiger partial charge in [-0.25, -0.2) is 0 Å². The Balaban J connectivity index is 2.57. The Hall–Kier alpha value is -1.02. The van der Waals surface area contributed by atoms with Crippen LogP contribution in [0.4, 0.5) is 0 Å². The Morgan fingerprint density at radius 2 is 1.74 bits per heavy atom. The minimum absolute atomic E-state index is 0.198. The van der Waals surface area contributed by atoms with Crippen molar-refractivity contribution in [3.05, 3.63) is 28.3 Å². The highest BCUT2D eigenvalue weighted by atomic mass is 16.5. The second-order valence-electron chi connectivity index (χ2n) is 6.07. The molecule has 0 unspecified atom stereocenters. The zero-order valence-electron chi connectivity index (χ0n) is 12.8. The maximum absolute atomic E-state index is 6.20. The number of rotatable bonds is 3. The van der Waals surface area contributed by atoms with Gasteiger partial charge in [0.15, 0.2) is 0 Å². The highest BCUT2D eigenvalue weighted by Crippen LogP contribution is 2.43. The number of nitrogens with two attached hydrogens (primary N) is 1. The van der Waals surface area contributed by atoms with Crippen molar-refractivity contribution in [3.63, 3.8) is 0 Å². The summed E-state index contributed by atoms with van der Waals surface area (Å²) in [5.74, 6) is 1.00. The Labute approximate surface area is 117 Å². The lowest BCUT2D eigenvalue weighted by Gasteiger charge is -2.39. The zero-order chi connectivity index (χ0) is 14.0. The monoisotopic (exact) mass is 261 g/mol. The molecule has 2 heteroatoms. The first-order chi connectivity index (χ1) is 9.05. The van der Waals surface area contributed by atoms with E-state index < -0.39 is 0 Å². The maximum atomic E-state index is 6.20. The van der Waals surface area contributed by atoms with Gasteiger partial charge < -0.3 is 10.5 Å². The van der Waals surface area contributed by atoms with Crippen LogP contribution in [0.25, 0.3) is 0 Å². The molecule has 1 saturated carbocycles. The van der Waals surface area contributed by atoms with Crippen molar-refractivity contribution in [2.24, 2.45) is 5.73 Å². The van der Waals surface area contributed by atoms with Gasteiger partial charge in [-0.05, 0) is 61.9 Å². The number of aryl methyl sites for hydroxylation is 1. The van der Waals surface area contributed by atoms with Crippen LogP contribution in [0, 0.1) is 20.8 Å². The minimum Gasteiger partial charge on any atom is -0.496 e. The van der Waals surface area contributed by atoms with Gasteiger partial charge in [0.05, 0.1) is 7.11 Å². The summed E-state index contributed by atoms with van der Waals surface area (Å²) in [6, 6.07) is 2.18. The second kappa shape index (κ2) is 5.54. The molecule has 1 aromatic rings. The van der Waals surface area contributed by atoms with Crippen LogP contribution in [0.15, 0.2) is 6.07 Å². The molecule has 1 aromatic carbocycles. The fraction of sp³-hybridized carbons (Fsp3) is 0.647. The van der Waals surface area contributed by atoms with Crippen LogP contribution in [0.1, 0.15) is 54.4 Å². The first-order valence-corrected chi connectivity index (χ1v) is 7.41. The van der Waals surface area contributed by atoms with E-state index in [1.54, 1.807) is 7.11 Å². The molecule has 2 N–H and O–H groups in total. The molecule has 19 heavy (non-hydrogen) atoms. The lowest BCUT2D eigenvalue weighted by molar-refractivity contribution is 0.297. The predicted molar refractivity (Wildman–Crippen MR) is 81.0 cm³/mol. The molecule has 0 amide bonds. The van der Waals surface area contributed by atoms with E-state index in [9.17, 15) is 0 Å². The summed E-state index contributed by atoms with van der Waals surface area (Å²) in [4.78, 5) is 0. The molecule has 0 aliphatic heterocycles. The first-order valence-electron chi connectivity index (χ1n) is 7.41. The first kappa shape index (κ1) is 14.4. The summed E-state index contributed by atoms with van der Waals surface area (Å²) >= 11 is 0. The summed E-state index contributed by atoms with van der Waals surface area (Å²) in [6.45, 7) is 7.35. The number of hydrogen-bond acceptors (Lipinski definition) is 2. The molecule has 0 spiro atoms. The van der Waals surface area contributed by atoms with Gasteiger partial charge in [0.2, 0.25) is 0 Å². The van der Waals surface area contributed by atoms with Crippen molar-refractivity contribution >= 4 is 0 Å². The summed E-state index contributed by atoms with van der Waals surface area (Å²) in [5, 5.41) is 0. The smallest absolute Gasteiger partial charge is 0.122 e. The third-order valence-corrected chi connectivity index (χ3v) is 5.00. The molecule has 1 aliphatic carbocycles. The molecule has 1 fully saturated rings. The van der Waals surface area contributed by atoms with E-state index in [0.717, 1.165) is 12.3 Å². The van der Waals surface area contributed by atoms with Crippen LogP contribution in [0.3, 0.4) is 0 Å². The predicted octanol–water partition coefficient (Wildman–Crippen LogP) is 3.78. The highest BCUT2D eigenvalue weighted by molar-refractivity contribution is 5.51. The molecule has 0 heterocycles. The lowest BCUT2D eigenvalue weighted by atomic mass is 9.66. The number of methoxy groups -OCH3 is 1. The van der Waals surface area contributed by atoms with Gasteiger partial charge in [0.1, 0.15) is 5.75 Å². The van der Waals surface area contributed by atoms with Crippen molar-refractivity contribution in [1.29, 1.82) is 0 Å². The quantitative estimate of drug-likeness (QED) is 0.898.